The molecule has 0 aliphatic carbocycles. The van der Waals surface area contributed by atoms with Crippen molar-refractivity contribution in [2.75, 3.05) is 0 Å². The molecule has 0 bridgehead atoms. The Balaban J connectivity index is 2.29. The number of rotatable bonds is 0. The number of fused-ring (bicyclic) bond motifs is 4. The van der Waals surface area contributed by atoms with E-state index in [2.05, 4.69) is 22.2 Å². The van der Waals surface area contributed by atoms with Gasteiger partial charge in [0.2, 0.25) is 0 Å². The second kappa shape index (κ2) is 3.04. The molecule has 80 valence electrons. The van der Waals surface area contributed by atoms with Gasteiger partial charge in [-0.3, -0.25) is 0 Å². The van der Waals surface area contributed by atoms with Gasteiger partial charge in [0.05, 0.1) is 22.7 Å². The van der Waals surface area contributed by atoms with Crippen molar-refractivity contribution in [3.8, 4) is 0 Å². The molecule has 4 rings (SSSR count). The molecule has 0 N–H and O–H groups in total. The lowest BCUT2D eigenvalue weighted by molar-refractivity contribution is 0.966. The molecule has 0 radical (unpaired) electrons. The maximum absolute atomic E-state index is 4.67. The molecule has 0 saturated heterocycles. The summed E-state index contributed by atoms with van der Waals surface area (Å²) < 4.78 is 1.87. The van der Waals surface area contributed by atoms with Gasteiger partial charge >= 0.3 is 0 Å². The zero-order chi connectivity index (χ0) is 11.2. The van der Waals surface area contributed by atoms with Gasteiger partial charge in [0.25, 0.3) is 0 Å². The fraction of sp³-hybridized carbons (Fsp3) is 0. The minimum absolute atomic E-state index is 1.01. The molecule has 3 heterocycles. The van der Waals surface area contributed by atoms with Gasteiger partial charge in [-0.15, -0.1) is 0 Å². The lowest BCUT2D eigenvalue weighted by Gasteiger charge is -2.03. The van der Waals surface area contributed by atoms with Gasteiger partial charge in [0, 0.05) is 17.0 Å². The summed E-state index contributed by atoms with van der Waals surface area (Å²) in [7, 11) is 0. The van der Waals surface area contributed by atoms with Gasteiger partial charge in [-0.05, 0) is 24.3 Å². The highest BCUT2D eigenvalue weighted by Crippen LogP contribution is 2.22. The number of hydrogen-bond donors (Lipinski definition) is 0. The maximum Gasteiger partial charge on any atom is 0.0755 e. The first-order chi connectivity index (χ1) is 8.42. The first-order valence-corrected chi connectivity index (χ1v) is 5.54. The number of benzene rings is 1. The molecule has 0 fully saturated rings. The number of pyridine rings is 2. The molecule has 4 aromatic rings. The van der Waals surface area contributed by atoms with Crippen LogP contribution >= 0.6 is 0 Å². The second-order valence-corrected chi connectivity index (χ2v) is 4.09. The Labute approximate surface area is 97.3 Å². The molecule has 17 heavy (non-hydrogen) atoms. The zero-order valence-electron chi connectivity index (χ0n) is 9.04. The van der Waals surface area contributed by atoms with Crippen LogP contribution in [0.3, 0.4) is 0 Å². The molecule has 0 aliphatic rings. The minimum Gasteiger partial charge on any atom is -0.248 e. The van der Waals surface area contributed by atoms with E-state index < -0.39 is 0 Å². The summed E-state index contributed by atoms with van der Waals surface area (Å²) in [6.07, 6.45) is 3.75. The molecule has 0 saturated carbocycles. The van der Waals surface area contributed by atoms with Crippen LogP contribution in [0.15, 0.2) is 54.9 Å². The van der Waals surface area contributed by atoms with Crippen LogP contribution in [0.5, 0.6) is 0 Å². The summed E-state index contributed by atoms with van der Waals surface area (Å²) in [4.78, 5) is 4.67. The van der Waals surface area contributed by atoms with E-state index >= 15 is 0 Å². The third-order valence-electron chi connectivity index (χ3n) is 3.07. The lowest BCUT2D eigenvalue weighted by atomic mass is 10.1. The molecule has 3 aromatic heterocycles. The zero-order valence-corrected chi connectivity index (χ0v) is 9.04. The van der Waals surface area contributed by atoms with E-state index in [1.54, 1.807) is 0 Å². The van der Waals surface area contributed by atoms with E-state index in [-0.39, 0.29) is 0 Å². The van der Waals surface area contributed by atoms with Crippen LogP contribution in [0.25, 0.3) is 27.3 Å². The predicted octanol–water partition coefficient (Wildman–Crippen LogP) is 3.04. The van der Waals surface area contributed by atoms with Crippen molar-refractivity contribution < 1.29 is 0 Å². The number of nitrogens with zero attached hydrogens (tertiary/aromatic N) is 3. The van der Waals surface area contributed by atoms with Gasteiger partial charge < -0.3 is 0 Å². The Hall–Kier alpha value is -2.42. The van der Waals surface area contributed by atoms with Gasteiger partial charge in [0.15, 0.2) is 0 Å². The van der Waals surface area contributed by atoms with Crippen LogP contribution in [-0.4, -0.2) is 14.6 Å². The van der Waals surface area contributed by atoms with Crippen molar-refractivity contribution in [3.63, 3.8) is 0 Å². The molecule has 0 amide bonds. The van der Waals surface area contributed by atoms with Crippen molar-refractivity contribution in [2.45, 2.75) is 0 Å². The van der Waals surface area contributed by atoms with Gasteiger partial charge in [-0.2, -0.15) is 5.10 Å². The number of aromatic nitrogens is 3. The molecular formula is C14H9N3. The van der Waals surface area contributed by atoms with Gasteiger partial charge in [-0.25, -0.2) is 9.50 Å². The normalized spacial score (nSPS) is 11.5. The first-order valence-electron chi connectivity index (χ1n) is 5.54. The molecule has 1 aromatic carbocycles. The van der Waals surface area contributed by atoms with Crippen molar-refractivity contribution in [3.05, 3.63) is 54.9 Å². The average Bonchev–Trinajstić information content (AvgIpc) is 2.85. The predicted molar refractivity (Wildman–Crippen MR) is 68.0 cm³/mol. The Morgan fingerprint density at radius 3 is 2.88 bits per heavy atom. The van der Waals surface area contributed by atoms with Crippen LogP contribution in [0.1, 0.15) is 0 Å². The van der Waals surface area contributed by atoms with Crippen molar-refractivity contribution in [1.29, 1.82) is 0 Å². The van der Waals surface area contributed by atoms with E-state index in [0.717, 1.165) is 27.3 Å². The number of hydrogen-bond acceptors (Lipinski definition) is 2. The first kappa shape index (κ1) is 8.70. The molecule has 3 heteroatoms. The second-order valence-electron chi connectivity index (χ2n) is 4.09. The van der Waals surface area contributed by atoms with E-state index in [9.17, 15) is 0 Å². The highest BCUT2D eigenvalue weighted by molar-refractivity contribution is 6.00. The molecule has 0 atom stereocenters. The molecule has 0 unspecified atom stereocenters. The molecule has 3 nitrogen and oxygen atoms in total. The van der Waals surface area contributed by atoms with Crippen molar-refractivity contribution in [1.82, 2.24) is 14.6 Å². The van der Waals surface area contributed by atoms with Crippen LogP contribution in [-0.2, 0) is 0 Å². The maximum atomic E-state index is 4.67. The van der Waals surface area contributed by atoms with E-state index in [4.69, 9.17) is 0 Å². The fourth-order valence-electron chi connectivity index (χ4n) is 2.25. The van der Waals surface area contributed by atoms with Crippen LogP contribution in [0.4, 0.5) is 0 Å². The van der Waals surface area contributed by atoms with Crippen LogP contribution in [0, 0.1) is 0 Å². The van der Waals surface area contributed by atoms with Crippen LogP contribution < -0.4 is 0 Å². The molecule has 0 spiro atoms. The Bertz CT molecular complexity index is 846. The van der Waals surface area contributed by atoms with Gasteiger partial charge in [0.1, 0.15) is 0 Å². The highest BCUT2D eigenvalue weighted by Gasteiger charge is 2.03. The summed E-state index contributed by atoms with van der Waals surface area (Å²) in [6.45, 7) is 0. The van der Waals surface area contributed by atoms with E-state index in [0.29, 0.717) is 0 Å². The Morgan fingerprint density at radius 1 is 0.941 bits per heavy atom. The quantitative estimate of drug-likeness (QED) is 0.425. The Kier molecular flexibility index (Phi) is 1.56. The summed E-state index contributed by atoms with van der Waals surface area (Å²) >= 11 is 0. The third-order valence-corrected chi connectivity index (χ3v) is 3.07. The smallest absolute Gasteiger partial charge is 0.0755 e. The third kappa shape index (κ3) is 1.16. The standard InChI is InChI=1S/C14H9N3/c1-2-4-12-10(3-1)9-11-13(16-12)6-8-17-14(11)5-7-15-17/h1-9H. The molecular weight excluding hydrogens is 210 g/mol. The largest absolute Gasteiger partial charge is 0.248 e. The van der Waals surface area contributed by atoms with Crippen molar-refractivity contribution >= 4 is 27.3 Å². The van der Waals surface area contributed by atoms with Gasteiger partial charge in [-0.1, -0.05) is 18.2 Å². The Morgan fingerprint density at radius 2 is 1.88 bits per heavy atom. The highest BCUT2D eigenvalue weighted by atomic mass is 15.2. The summed E-state index contributed by atoms with van der Waals surface area (Å²) in [5.41, 5.74) is 3.14. The monoisotopic (exact) mass is 219 g/mol. The molecule has 0 aliphatic heterocycles. The summed E-state index contributed by atoms with van der Waals surface area (Å²) in [5, 5.41) is 6.54. The van der Waals surface area contributed by atoms with E-state index in [1.807, 2.05) is 47.2 Å². The number of para-hydroxylation sites is 1. The summed E-state index contributed by atoms with van der Waals surface area (Å²) in [6, 6.07) is 14.4. The van der Waals surface area contributed by atoms with Crippen molar-refractivity contribution in [2.24, 2.45) is 0 Å². The SMILES string of the molecule is c1ccc2nc3ccn4nccc4c3cc2c1. The topological polar surface area (TPSA) is 30.2 Å². The lowest BCUT2D eigenvalue weighted by Crippen LogP contribution is -1.89. The fourth-order valence-corrected chi connectivity index (χ4v) is 2.25. The van der Waals surface area contributed by atoms with Crippen LogP contribution in [0.2, 0.25) is 0 Å². The van der Waals surface area contributed by atoms with E-state index in [1.165, 1.54) is 0 Å². The minimum atomic E-state index is 1.01. The summed E-state index contributed by atoms with van der Waals surface area (Å²) in [5.74, 6) is 0. The average molecular weight is 219 g/mol.